The predicted octanol–water partition coefficient (Wildman–Crippen LogP) is 3.91. The molecule has 0 amide bonds. The predicted molar refractivity (Wildman–Crippen MR) is 88.0 cm³/mol. The van der Waals surface area contributed by atoms with Crippen LogP contribution in [0.15, 0.2) is 0 Å². The smallest absolute Gasteiger partial charge is 0.00504 e. The minimum atomic E-state index is 0.555. The molecule has 2 fully saturated rings. The van der Waals surface area contributed by atoms with Crippen molar-refractivity contribution >= 4 is 0 Å². The van der Waals surface area contributed by atoms with Crippen molar-refractivity contribution in [3.63, 3.8) is 0 Å². The van der Waals surface area contributed by atoms with Crippen molar-refractivity contribution in [3.05, 3.63) is 0 Å². The molecule has 2 rings (SSSR count). The van der Waals surface area contributed by atoms with Crippen molar-refractivity contribution in [2.75, 3.05) is 26.2 Å². The summed E-state index contributed by atoms with van der Waals surface area (Å²) in [6.45, 7) is 14.6. The van der Waals surface area contributed by atoms with E-state index in [9.17, 15) is 0 Å². The van der Waals surface area contributed by atoms with Crippen molar-refractivity contribution in [1.82, 2.24) is 10.2 Å². The normalized spacial score (nSPS) is 31.6. The van der Waals surface area contributed by atoms with E-state index >= 15 is 0 Å². The lowest BCUT2D eigenvalue weighted by Crippen LogP contribution is -2.50. The van der Waals surface area contributed by atoms with Crippen molar-refractivity contribution in [3.8, 4) is 0 Å². The Balaban J connectivity index is 1.95. The average molecular weight is 281 g/mol. The highest BCUT2D eigenvalue weighted by atomic mass is 15.1. The van der Waals surface area contributed by atoms with Gasteiger partial charge >= 0.3 is 0 Å². The highest BCUT2D eigenvalue weighted by Gasteiger charge is 2.35. The largest absolute Gasteiger partial charge is 0.314 e. The molecule has 2 unspecified atom stereocenters. The van der Waals surface area contributed by atoms with Crippen LogP contribution in [-0.4, -0.2) is 37.1 Å². The summed E-state index contributed by atoms with van der Waals surface area (Å²) in [6, 6.07) is 0.619. The van der Waals surface area contributed by atoms with E-state index in [0.717, 1.165) is 11.8 Å². The third-order valence-electron chi connectivity index (χ3n) is 5.30. The van der Waals surface area contributed by atoms with Crippen molar-refractivity contribution in [2.24, 2.45) is 17.3 Å². The molecule has 0 aromatic heterocycles. The summed E-state index contributed by atoms with van der Waals surface area (Å²) in [5, 5.41) is 3.74. The van der Waals surface area contributed by atoms with Crippen molar-refractivity contribution in [2.45, 2.75) is 72.3 Å². The molecule has 1 aliphatic carbocycles. The summed E-state index contributed by atoms with van der Waals surface area (Å²) >= 11 is 0. The van der Waals surface area contributed by atoms with Gasteiger partial charge in [0.1, 0.15) is 0 Å². The van der Waals surface area contributed by atoms with Gasteiger partial charge in [-0.05, 0) is 36.5 Å². The lowest BCUT2D eigenvalue weighted by atomic mass is 9.73. The van der Waals surface area contributed by atoms with E-state index in [1.165, 1.54) is 64.7 Å². The monoisotopic (exact) mass is 280 g/mol. The molecule has 0 radical (unpaired) electrons. The van der Waals surface area contributed by atoms with E-state index in [-0.39, 0.29) is 0 Å². The van der Waals surface area contributed by atoms with Crippen LogP contribution in [0.4, 0.5) is 0 Å². The maximum absolute atomic E-state index is 3.74. The van der Waals surface area contributed by atoms with Gasteiger partial charge in [0.15, 0.2) is 0 Å². The molecule has 118 valence electrons. The molecule has 0 aromatic rings. The van der Waals surface area contributed by atoms with Gasteiger partial charge in [0.2, 0.25) is 0 Å². The fourth-order valence-electron chi connectivity index (χ4n) is 4.51. The Morgan fingerprint density at radius 3 is 2.20 bits per heavy atom. The lowest BCUT2D eigenvalue weighted by Gasteiger charge is -2.45. The molecule has 2 heteroatoms. The molecule has 20 heavy (non-hydrogen) atoms. The van der Waals surface area contributed by atoms with Gasteiger partial charge in [0.25, 0.3) is 0 Å². The molecule has 2 aliphatic rings. The zero-order valence-corrected chi connectivity index (χ0v) is 14.3. The Labute approximate surface area is 126 Å². The summed E-state index contributed by atoms with van der Waals surface area (Å²) in [5.41, 5.74) is 0.555. The van der Waals surface area contributed by atoms with E-state index in [1.807, 2.05) is 0 Å². The number of piperidine rings is 1. The second-order valence-electron chi connectivity index (χ2n) is 8.24. The second kappa shape index (κ2) is 7.26. The first-order valence-corrected chi connectivity index (χ1v) is 8.95. The van der Waals surface area contributed by atoms with Gasteiger partial charge in [-0.25, -0.2) is 0 Å². The quantitative estimate of drug-likeness (QED) is 0.821. The molecule has 1 N–H and O–H groups in total. The molecule has 1 heterocycles. The van der Waals surface area contributed by atoms with Crippen LogP contribution in [-0.2, 0) is 0 Å². The van der Waals surface area contributed by atoms with Crippen LogP contribution in [0.2, 0.25) is 0 Å². The minimum Gasteiger partial charge on any atom is -0.314 e. The van der Waals surface area contributed by atoms with Crippen LogP contribution in [0.25, 0.3) is 0 Å². The molecule has 1 saturated carbocycles. The SMILES string of the molecule is CC1CC(C)CN(CC2(CNC(C)C)CCCCC2)C1. The Morgan fingerprint density at radius 2 is 1.65 bits per heavy atom. The number of hydrogen-bond donors (Lipinski definition) is 1. The zero-order valence-electron chi connectivity index (χ0n) is 14.3. The lowest BCUT2D eigenvalue weighted by molar-refractivity contribution is 0.0572. The number of likely N-dealkylation sites (tertiary alicyclic amines) is 1. The van der Waals surface area contributed by atoms with Crippen LogP contribution < -0.4 is 5.32 Å². The van der Waals surface area contributed by atoms with E-state index in [4.69, 9.17) is 0 Å². The van der Waals surface area contributed by atoms with E-state index in [0.29, 0.717) is 11.5 Å². The first-order valence-electron chi connectivity index (χ1n) is 8.95. The van der Waals surface area contributed by atoms with Gasteiger partial charge in [0.05, 0.1) is 0 Å². The maximum atomic E-state index is 3.74. The van der Waals surface area contributed by atoms with Gasteiger partial charge in [-0.1, -0.05) is 47.0 Å². The first-order chi connectivity index (χ1) is 9.49. The zero-order chi connectivity index (χ0) is 14.6. The third-order valence-corrected chi connectivity index (χ3v) is 5.30. The van der Waals surface area contributed by atoms with Gasteiger partial charge in [-0.2, -0.15) is 0 Å². The molecule has 2 atom stereocenters. The van der Waals surface area contributed by atoms with Gasteiger partial charge < -0.3 is 10.2 Å². The first kappa shape index (κ1) is 16.3. The molecular weight excluding hydrogens is 244 g/mol. The van der Waals surface area contributed by atoms with Gasteiger partial charge in [-0.3, -0.25) is 0 Å². The molecular formula is C18H36N2. The summed E-state index contributed by atoms with van der Waals surface area (Å²) in [4.78, 5) is 2.78. The van der Waals surface area contributed by atoms with Gasteiger partial charge in [0, 0.05) is 32.2 Å². The summed E-state index contributed by atoms with van der Waals surface area (Å²) < 4.78 is 0. The van der Waals surface area contributed by atoms with E-state index < -0.39 is 0 Å². The molecule has 0 aromatic carbocycles. The Kier molecular flexibility index (Phi) is 5.92. The maximum Gasteiger partial charge on any atom is 0.00504 e. The van der Waals surface area contributed by atoms with Crippen LogP contribution in [0, 0.1) is 17.3 Å². The number of hydrogen-bond acceptors (Lipinski definition) is 2. The van der Waals surface area contributed by atoms with Crippen LogP contribution >= 0.6 is 0 Å². The molecule has 1 aliphatic heterocycles. The number of nitrogens with one attached hydrogen (secondary N) is 1. The number of rotatable bonds is 5. The Bertz CT molecular complexity index is 271. The fourth-order valence-corrected chi connectivity index (χ4v) is 4.51. The summed E-state index contributed by atoms with van der Waals surface area (Å²) in [6.07, 6.45) is 8.64. The highest BCUT2D eigenvalue weighted by molar-refractivity contribution is 4.90. The molecule has 1 saturated heterocycles. The number of nitrogens with zero attached hydrogens (tertiary/aromatic N) is 1. The van der Waals surface area contributed by atoms with Crippen molar-refractivity contribution < 1.29 is 0 Å². The summed E-state index contributed by atoms with van der Waals surface area (Å²) in [7, 11) is 0. The van der Waals surface area contributed by atoms with E-state index in [1.54, 1.807) is 0 Å². The van der Waals surface area contributed by atoms with E-state index in [2.05, 4.69) is 37.9 Å². The average Bonchev–Trinajstić information content (AvgIpc) is 2.36. The molecule has 2 nitrogen and oxygen atoms in total. The van der Waals surface area contributed by atoms with Crippen LogP contribution in [0.3, 0.4) is 0 Å². The Hall–Kier alpha value is -0.0800. The Morgan fingerprint density at radius 1 is 1.05 bits per heavy atom. The second-order valence-corrected chi connectivity index (χ2v) is 8.24. The van der Waals surface area contributed by atoms with Gasteiger partial charge in [-0.15, -0.1) is 0 Å². The standard InChI is InChI=1S/C18H36N2/c1-15(2)19-13-18(8-6-5-7-9-18)14-20-11-16(3)10-17(4)12-20/h15-17,19H,5-14H2,1-4H3. The topological polar surface area (TPSA) is 15.3 Å². The fraction of sp³-hybridized carbons (Fsp3) is 1.00. The minimum absolute atomic E-state index is 0.555. The third kappa shape index (κ3) is 4.73. The van der Waals surface area contributed by atoms with Crippen molar-refractivity contribution in [1.29, 1.82) is 0 Å². The summed E-state index contributed by atoms with van der Waals surface area (Å²) in [5.74, 6) is 1.77. The van der Waals surface area contributed by atoms with Crippen LogP contribution in [0.5, 0.6) is 0 Å². The molecule has 0 bridgehead atoms. The van der Waals surface area contributed by atoms with Crippen LogP contribution in [0.1, 0.15) is 66.2 Å². The molecule has 0 spiro atoms. The highest BCUT2D eigenvalue weighted by Crippen LogP contribution is 2.38.